The van der Waals surface area contributed by atoms with Gasteiger partial charge in [0.1, 0.15) is 5.75 Å². The number of carbonyl (C=O) groups is 1. The highest BCUT2D eigenvalue weighted by Crippen LogP contribution is 2.27. The minimum Gasteiger partial charge on any atom is -0.504 e. The Hall–Kier alpha value is -2.75. The van der Waals surface area contributed by atoms with Crippen molar-refractivity contribution in [2.75, 3.05) is 6.61 Å². The fourth-order valence-electron chi connectivity index (χ4n) is 1.71. The molecule has 0 aliphatic heterocycles. The SMILES string of the molecule is CCOc1cc(C=CC(=O)Oc2ccccc2)ccc1O. The second kappa shape index (κ2) is 7.14. The van der Waals surface area contributed by atoms with Crippen LogP contribution in [0, 0.1) is 0 Å². The molecular weight excluding hydrogens is 268 g/mol. The third kappa shape index (κ3) is 4.38. The number of hydrogen-bond donors (Lipinski definition) is 1. The number of carbonyl (C=O) groups excluding carboxylic acids is 1. The van der Waals surface area contributed by atoms with Crippen molar-refractivity contribution in [3.8, 4) is 17.2 Å². The van der Waals surface area contributed by atoms with Crippen LogP contribution in [0.4, 0.5) is 0 Å². The van der Waals surface area contributed by atoms with Gasteiger partial charge in [0.05, 0.1) is 6.61 Å². The third-order valence-corrected chi connectivity index (χ3v) is 2.66. The molecule has 0 fully saturated rings. The highest BCUT2D eigenvalue weighted by molar-refractivity contribution is 5.88. The zero-order valence-electron chi connectivity index (χ0n) is 11.7. The first kappa shape index (κ1) is 14.7. The summed E-state index contributed by atoms with van der Waals surface area (Å²) in [6.45, 7) is 2.29. The molecule has 108 valence electrons. The Kier molecular flexibility index (Phi) is 4.99. The third-order valence-electron chi connectivity index (χ3n) is 2.66. The second-order valence-electron chi connectivity index (χ2n) is 4.23. The van der Waals surface area contributed by atoms with E-state index in [0.29, 0.717) is 18.1 Å². The molecular formula is C17H16O4. The second-order valence-corrected chi connectivity index (χ2v) is 4.23. The van der Waals surface area contributed by atoms with Gasteiger partial charge in [-0.3, -0.25) is 0 Å². The Morgan fingerprint density at radius 1 is 1.19 bits per heavy atom. The van der Waals surface area contributed by atoms with Gasteiger partial charge in [-0.1, -0.05) is 24.3 Å². The summed E-state index contributed by atoms with van der Waals surface area (Å²) in [5, 5.41) is 9.60. The highest BCUT2D eigenvalue weighted by Gasteiger charge is 2.03. The Balaban J connectivity index is 2.03. The van der Waals surface area contributed by atoms with E-state index in [1.807, 2.05) is 13.0 Å². The minimum absolute atomic E-state index is 0.0702. The van der Waals surface area contributed by atoms with Crippen molar-refractivity contribution in [3.63, 3.8) is 0 Å². The standard InChI is InChI=1S/C17H16O4/c1-2-20-16-12-13(8-10-15(16)18)9-11-17(19)21-14-6-4-3-5-7-14/h3-12,18H,2H2,1H3. The highest BCUT2D eigenvalue weighted by atomic mass is 16.5. The summed E-state index contributed by atoms with van der Waals surface area (Å²) < 4.78 is 10.4. The van der Waals surface area contributed by atoms with E-state index in [1.165, 1.54) is 12.1 Å². The first-order chi connectivity index (χ1) is 10.2. The Morgan fingerprint density at radius 3 is 2.67 bits per heavy atom. The molecule has 2 rings (SSSR count). The van der Waals surface area contributed by atoms with E-state index in [-0.39, 0.29) is 5.75 Å². The van der Waals surface area contributed by atoms with Crippen LogP contribution in [0.3, 0.4) is 0 Å². The smallest absolute Gasteiger partial charge is 0.336 e. The molecule has 0 aliphatic rings. The van der Waals surface area contributed by atoms with Crippen molar-refractivity contribution in [1.29, 1.82) is 0 Å². The summed E-state index contributed by atoms with van der Waals surface area (Å²) in [6, 6.07) is 13.7. The van der Waals surface area contributed by atoms with E-state index in [9.17, 15) is 9.90 Å². The summed E-state index contributed by atoms with van der Waals surface area (Å²) in [4.78, 5) is 11.7. The molecule has 0 saturated carbocycles. The van der Waals surface area contributed by atoms with Crippen LogP contribution >= 0.6 is 0 Å². The molecule has 4 nitrogen and oxygen atoms in total. The van der Waals surface area contributed by atoms with Gasteiger partial charge in [-0.05, 0) is 42.8 Å². The van der Waals surface area contributed by atoms with Gasteiger partial charge in [-0.25, -0.2) is 4.79 Å². The molecule has 1 N–H and O–H groups in total. The molecule has 0 atom stereocenters. The largest absolute Gasteiger partial charge is 0.504 e. The number of rotatable bonds is 5. The van der Waals surface area contributed by atoms with Crippen LogP contribution in [0.15, 0.2) is 54.6 Å². The van der Waals surface area contributed by atoms with Gasteiger partial charge in [0.25, 0.3) is 0 Å². The van der Waals surface area contributed by atoms with Crippen molar-refractivity contribution in [3.05, 3.63) is 60.2 Å². The van der Waals surface area contributed by atoms with E-state index >= 15 is 0 Å². The predicted molar refractivity (Wildman–Crippen MR) is 80.4 cm³/mol. The van der Waals surface area contributed by atoms with Gasteiger partial charge in [0.2, 0.25) is 0 Å². The van der Waals surface area contributed by atoms with E-state index in [2.05, 4.69) is 0 Å². The number of hydrogen-bond acceptors (Lipinski definition) is 4. The summed E-state index contributed by atoms with van der Waals surface area (Å²) >= 11 is 0. The Bertz CT molecular complexity index is 632. The zero-order chi connectivity index (χ0) is 15.1. The van der Waals surface area contributed by atoms with Crippen LogP contribution in [0.1, 0.15) is 12.5 Å². The van der Waals surface area contributed by atoms with Gasteiger partial charge >= 0.3 is 5.97 Å². The maximum absolute atomic E-state index is 11.7. The lowest BCUT2D eigenvalue weighted by atomic mass is 10.2. The minimum atomic E-state index is -0.466. The molecule has 0 heterocycles. The molecule has 0 radical (unpaired) electrons. The maximum atomic E-state index is 11.7. The number of aromatic hydroxyl groups is 1. The van der Waals surface area contributed by atoms with Crippen LogP contribution in [-0.2, 0) is 4.79 Å². The fourth-order valence-corrected chi connectivity index (χ4v) is 1.71. The number of para-hydroxylation sites is 1. The molecule has 2 aromatic carbocycles. The number of phenolic OH excluding ortho intramolecular Hbond substituents is 1. The van der Waals surface area contributed by atoms with Crippen LogP contribution in [-0.4, -0.2) is 17.7 Å². The number of ether oxygens (including phenoxy) is 2. The Labute approximate surface area is 123 Å². The molecule has 0 aromatic heterocycles. The number of benzene rings is 2. The lowest BCUT2D eigenvalue weighted by molar-refractivity contribution is -0.128. The Morgan fingerprint density at radius 2 is 1.95 bits per heavy atom. The zero-order valence-corrected chi connectivity index (χ0v) is 11.7. The van der Waals surface area contributed by atoms with E-state index < -0.39 is 5.97 Å². The first-order valence-electron chi connectivity index (χ1n) is 6.60. The van der Waals surface area contributed by atoms with E-state index in [4.69, 9.17) is 9.47 Å². The van der Waals surface area contributed by atoms with Crippen molar-refractivity contribution >= 4 is 12.0 Å². The van der Waals surface area contributed by atoms with E-state index in [1.54, 1.807) is 42.5 Å². The average molecular weight is 284 g/mol. The van der Waals surface area contributed by atoms with Crippen LogP contribution < -0.4 is 9.47 Å². The van der Waals surface area contributed by atoms with Gasteiger partial charge in [0.15, 0.2) is 11.5 Å². The molecule has 4 heteroatoms. The molecule has 0 saturated heterocycles. The molecule has 0 spiro atoms. The van der Waals surface area contributed by atoms with Crippen LogP contribution in [0.5, 0.6) is 17.2 Å². The molecule has 0 unspecified atom stereocenters. The molecule has 0 amide bonds. The van der Waals surface area contributed by atoms with Crippen molar-refractivity contribution in [2.45, 2.75) is 6.92 Å². The molecule has 2 aromatic rings. The lowest BCUT2D eigenvalue weighted by Crippen LogP contribution is -2.03. The quantitative estimate of drug-likeness (QED) is 0.519. The molecule has 0 bridgehead atoms. The summed E-state index contributed by atoms with van der Waals surface area (Å²) in [5.74, 6) is 0.483. The van der Waals surface area contributed by atoms with Crippen LogP contribution in [0.2, 0.25) is 0 Å². The first-order valence-corrected chi connectivity index (χ1v) is 6.60. The van der Waals surface area contributed by atoms with Gasteiger partial charge in [-0.2, -0.15) is 0 Å². The fraction of sp³-hybridized carbons (Fsp3) is 0.118. The normalized spacial score (nSPS) is 10.5. The molecule has 0 aliphatic carbocycles. The predicted octanol–water partition coefficient (Wildman–Crippen LogP) is 3.41. The van der Waals surface area contributed by atoms with Crippen LogP contribution in [0.25, 0.3) is 6.08 Å². The van der Waals surface area contributed by atoms with E-state index in [0.717, 1.165) is 5.56 Å². The monoisotopic (exact) mass is 284 g/mol. The molecule has 21 heavy (non-hydrogen) atoms. The maximum Gasteiger partial charge on any atom is 0.336 e. The topological polar surface area (TPSA) is 55.8 Å². The summed E-state index contributed by atoms with van der Waals surface area (Å²) in [6.07, 6.45) is 2.93. The van der Waals surface area contributed by atoms with Crippen molar-refractivity contribution < 1.29 is 19.4 Å². The van der Waals surface area contributed by atoms with Crippen molar-refractivity contribution in [2.24, 2.45) is 0 Å². The number of phenols is 1. The summed E-state index contributed by atoms with van der Waals surface area (Å²) in [5.41, 5.74) is 0.737. The average Bonchev–Trinajstić information content (AvgIpc) is 2.49. The van der Waals surface area contributed by atoms with Crippen molar-refractivity contribution in [1.82, 2.24) is 0 Å². The number of esters is 1. The summed E-state index contributed by atoms with van der Waals surface area (Å²) in [7, 11) is 0. The van der Waals surface area contributed by atoms with Gasteiger partial charge < -0.3 is 14.6 Å². The lowest BCUT2D eigenvalue weighted by Gasteiger charge is -2.06. The van der Waals surface area contributed by atoms with Gasteiger partial charge in [0, 0.05) is 6.08 Å². The van der Waals surface area contributed by atoms with Gasteiger partial charge in [-0.15, -0.1) is 0 Å².